The van der Waals surface area contributed by atoms with Crippen LogP contribution in [0.4, 0.5) is 0 Å². The van der Waals surface area contributed by atoms with Gasteiger partial charge in [0.15, 0.2) is 0 Å². The summed E-state index contributed by atoms with van der Waals surface area (Å²) in [6.45, 7) is 4.26. The van der Waals surface area contributed by atoms with Crippen LogP contribution in [0.15, 0.2) is 0 Å². The van der Waals surface area contributed by atoms with E-state index in [4.69, 9.17) is 0 Å². The molecule has 1 rings (SSSR count). The van der Waals surface area contributed by atoms with E-state index in [0.29, 0.717) is 5.92 Å². The number of rotatable bonds is 2. The molecule has 1 saturated carbocycles. The van der Waals surface area contributed by atoms with Crippen LogP contribution in [-0.4, -0.2) is 28.7 Å². The Morgan fingerprint density at radius 1 is 1.14 bits per heavy atom. The number of halogens is 1. The predicted molar refractivity (Wildman–Crippen MR) is 55.6 cm³/mol. The maximum atomic E-state index is 12.3. The van der Waals surface area contributed by atoms with Gasteiger partial charge < -0.3 is 9.81 Å². The minimum atomic E-state index is -0.578. The minimum absolute atomic E-state index is 0. The van der Waals surface area contributed by atoms with Crippen LogP contribution in [0.1, 0.15) is 58.8 Å². The van der Waals surface area contributed by atoms with Crippen LogP contribution in [0.5, 0.6) is 0 Å². The topological polar surface area (TPSA) is 23.1 Å². The molecule has 0 heterocycles. The van der Waals surface area contributed by atoms with E-state index in [9.17, 15) is 5.11 Å². The molecule has 0 saturated heterocycles. The molecule has 1 aliphatic rings. The van der Waals surface area contributed by atoms with Crippen LogP contribution in [0, 0.1) is 5.92 Å². The van der Waals surface area contributed by atoms with Crippen LogP contribution >= 0.6 is 0 Å². The summed E-state index contributed by atoms with van der Waals surface area (Å²) in [6, 6.07) is 0. The van der Waals surface area contributed by atoms with Crippen LogP contribution < -0.4 is 9.81 Å². The van der Waals surface area contributed by atoms with Crippen molar-refractivity contribution in [1.82, 2.24) is 0 Å². The van der Waals surface area contributed by atoms with Crippen molar-refractivity contribution in [2.45, 2.75) is 64.4 Å². The van der Waals surface area contributed by atoms with E-state index in [-0.39, 0.29) is 27.8 Å². The zero-order valence-electron chi connectivity index (χ0n) is 9.52. The Hall–Kier alpha value is 0.656. The maximum absolute atomic E-state index is 12.3. The van der Waals surface area contributed by atoms with Crippen LogP contribution in [-0.2, 0) is 0 Å². The summed E-state index contributed by atoms with van der Waals surface area (Å²) in [7, 11) is 0. The second-order valence-corrected chi connectivity index (χ2v) is 4.29. The number of hydrogen-bond donors (Lipinski definition) is 0. The molecule has 1 aliphatic carbocycles. The van der Waals surface area contributed by atoms with Crippen molar-refractivity contribution in [2.75, 3.05) is 0 Å². The van der Waals surface area contributed by atoms with Crippen molar-refractivity contribution in [3.63, 3.8) is 0 Å². The average molecular weight is 213 g/mol. The summed E-state index contributed by atoms with van der Waals surface area (Å²) in [5.41, 5.74) is -0.578. The molecule has 3 heteroatoms. The molecule has 0 N–H and O–H groups in total. The second kappa shape index (κ2) is 7.88. The van der Waals surface area contributed by atoms with Gasteiger partial charge in [0.1, 0.15) is 0 Å². The molecule has 0 radical (unpaired) electrons. The average Bonchev–Trinajstić information content (AvgIpc) is 2.29. The molecule has 0 bridgehead atoms. The van der Waals surface area contributed by atoms with Crippen LogP contribution in [0.25, 0.3) is 0 Å². The van der Waals surface area contributed by atoms with Gasteiger partial charge in [0.05, 0.1) is 0 Å². The molecule has 14 heavy (non-hydrogen) atoms. The molecule has 1 nitrogen and oxygen atoms in total. The van der Waals surface area contributed by atoms with Crippen molar-refractivity contribution in [1.29, 1.82) is 0 Å². The summed E-state index contributed by atoms with van der Waals surface area (Å²) in [5.74, 6) is 0.371. The van der Waals surface area contributed by atoms with E-state index in [1.54, 1.807) is 0 Å². The zero-order valence-corrected chi connectivity index (χ0v) is 10.9. The monoisotopic (exact) mass is 212 g/mol. The van der Waals surface area contributed by atoms with Gasteiger partial charge in [-0.3, -0.25) is 0 Å². The quantitative estimate of drug-likeness (QED) is 0.430. The summed E-state index contributed by atoms with van der Waals surface area (Å²) in [5, 5.41) is 12.3. The largest absolute Gasteiger partial charge is 2.00 e. The Bertz CT molecular complexity index is 133. The Morgan fingerprint density at radius 3 is 1.93 bits per heavy atom. The third kappa shape index (κ3) is 4.45. The molecule has 0 aromatic heterocycles. The van der Waals surface area contributed by atoms with Crippen molar-refractivity contribution in [3.8, 4) is 0 Å². The second-order valence-electron chi connectivity index (χ2n) is 4.29. The fourth-order valence-electron chi connectivity index (χ4n) is 2.19. The van der Waals surface area contributed by atoms with Gasteiger partial charge in [-0.2, -0.15) is 0 Å². The molecule has 1 unspecified atom stereocenters. The van der Waals surface area contributed by atoms with Crippen LogP contribution in [0.2, 0.25) is 0 Å². The zero-order chi connectivity index (χ0) is 9.03. The van der Waals surface area contributed by atoms with E-state index < -0.39 is 5.60 Å². The Kier molecular flexibility index (Phi) is 9.61. The smallest absolute Gasteiger partial charge is 1.00 e. The molecule has 0 amide bonds. The van der Waals surface area contributed by atoms with E-state index in [1.165, 1.54) is 12.8 Å². The van der Waals surface area contributed by atoms with Crippen molar-refractivity contribution >= 4 is 23.1 Å². The first kappa shape index (κ1) is 17.1. The first-order valence-corrected chi connectivity index (χ1v) is 5.39. The van der Waals surface area contributed by atoms with E-state index in [1.807, 2.05) is 0 Å². The molecule has 1 atom stereocenters. The molecular formula is C11H21FMgO. The van der Waals surface area contributed by atoms with Crippen molar-refractivity contribution in [3.05, 3.63) is 0 Å². The van der Waals surface area contributed by atoms with Gasteiger partial charge in [0, 0.05) is 0 Å². The Morgan fingerprint density at radius 2 is 1.57 bits per heavy atom. The SMILES string of the molecule is CCC(C)C1([O-])CCCCCC1.[F-].[Mg+2]. The first-order valence-electron chi connectivity index (χ1n) is 5.39. The number of hydrogen-bond acceptors (Lipinski definition) is 1. The molecule has 80 valence electrons. The van der Waals surface area contributed by atoms with Gasteiger partial charge in [0.25, 0.3) is 0 Å². The molecule has 0 aromatic rings. The standard InChI is InChI=1S/C11H21O.FH.Mg/c1-3-10(2)11(12)8-6-4-5-7-9-11;;/h10H,3-9H2,1-2H3;1H;/q-1;;+2/p-1. The maximum Gasteiger partial charge on any atom is 2.00 e. The van der Waals surface area contributed by atoms with Gasteiger partial charge in [-0.05, 0) is 0 Å². The molecule has 1 fully saturated rings. The van der Waals surface area contributed by atoms with Crippen molar-refractivity contribution < 1.29 is 9.81 Å². The van der Waals surface area contributed by atoms with Gasteiger partial charge in [-0.15, -0.1) is 5.60 Å². The van der Waals surface area contributed by atoms with Gasteiger partial charge in [-0.1, -0.05) is 64.7 Å². The fraction of sp³-hybridized carbons (Fsp3) is 1.00. The molecular weight excluding hydrogens is 191 g/mol. The normalized spacial score (nSPS) is 22.5. The van der Waals surface area contributed by atoms with E-state index in [2.05, 4.69) is 13.8 Å². The predicted octanol–water partition coefficient (Wildman–Crippen LogP) is -0.891. The summed E-state index contributed by atoms with van der Waals surface area (Å²) < 4.78 is 0. The van der Waals surface area contributed by atoms with E-state index in [0.717, 1.165) is 32.1 Å². The first-order chi connectivity index (χ1) is 5.69. The van der Waals surface area contributed by atoms with E-state index >= 15 is 0 Å². The Labute approximate surface area is 103 Å². The van der Waals surface area contributed by atoms with Gasteiger partial charge >= 0.3 is 23.1 Å². The third-order valence-electron chi connectivity index (χ3n) is 3.46. The summed E-state index contributed by atoms with van der Waals surface area (Å²) in [4.78, 5) is 0. The minimum Gasteiger partial charge on any atom is -1.00 e. The third-order valence-corrected chi connectivity index (χ3v) is 3.46. The van der Waals surface area contributed by atoms with Gasteiger partial charge in [-0.25, -0.2) is 0 Å². The molecule has 0 aliphatic heterocycles. The molecule has 0 spiro atoms. The van der Waals surface area contributed by atoms with Gasteiger partial charge in [0.2, 0.25) is 0 Å². The van der Waals surface area contributed by atoms with Crippen molar-refractivity contribution in [2.24, 2.45) is 5.92 Å². The molecule has 0 aromatic carbocycles. The fourth-order valence-corrected chi connectivity index (χ4v) is 2.19. The summed E-state index contributed by atoms with van der Waals surface area (Å²) in [6.07, 6.45) is 7.76. The van der Waals surface area contributed by atoms with Crippen LogP contribution in [0.3, 0.4) is 0 Å². The summed E-state index contributed by atoms with van der Waals surface area (Å²) >= 11 is 0. The Balaban J connectivity index is 0.